The van der Waals surface area contributed by atoms with E-state index in [0.29, 0.717) is 5.92 Å². The summed E-state index contributed by atoms with van der Waals surface area (Å²) in [5.41, 5.74) is 2.99. The van der Waals surface area contributed by atoms with Crippen molar-refractivity contribution in [2.75, 3.05) is 25.0 Å². The van der Waals surface area contributed by atoms with Crippen molar-refractivity contribution < 1.29 is 0 Å². The SMILES string of the molecule is CCC(C)CN(CC)c1ccc(CNC)cc1C#N. The second kappa shape index (κ2) is 7.81. The highest BCUT2D eigenvalue weighted by atomic mass is 15.1. The number of rotatable bonds is 7. The summed E-state index contributed by atoms with van der Waals surface area (Å²) in [5, 5.41) is 12.5. The van der Waals surface area contributed by atoms with Crippen LogP contribution in [0.1, 0.15) is 38.3 Å². The zero-order valence-corrected chi connectivity index (χ0v) is 12.5. The molecule has 0 radical (unpaired) electrons. The molecule has 0 aliphatic carbocycles. The van der Waals surface area contributed by atoms with Crippen molar-refractivity contribution in [1.29, 1.82) is 5.26 Å². The third kappa shape index (κ3) is 4.25. The first-order chi connectivity index (χ1) is 9.15. The van der Waals surface area contributed by atoms with Crippen LogP contribution >= 0.6 is 0 Å². The molecule has 0 bridgehead atoms. The zero-order chi connectivity index (χ0) is 14.3. The summed E-state index contributed by atoms with van der Waals surface area (Å²) in [6, 6.07) is 8.51. The molecule has 1 atom stereocenters. The second-order valence-electron chi connectivity index (χ2n) is 5.05. The standard InChI is InChI=1S/C16H25N3/c1-5-13(3)12-19(6-2)16-8-7-14(11-18-4)9-15(16)10-17/h7-9,13,18H,5-6,11-12H2,1-4H3. The number of nitrogens with one attached hydrogen (secondary N) is 1. The Morgan fingerprint density at radius 2 is 2.11 bits per heavy atom. The Morgan fingerprint density at radius 3 is 2.63 bits per heavy atom. The average Bonchev–Trinajstić information content (AvgIpc) is 2.44. The molecule has 3 nitrogen and oxygen atoms in total. The lowest BCUT2D eigenvalue weighted by Crippen LogP contribution is -2.28. The lowest BCUT2D eigenvalue weighted by Gasteiger charge is -2.27. The van der Waals surface area contributed by atoms with Gasteiger partial charge in [-0.2, -0.15) is 5.26 Å². The molecule has 0 amide bonds. The molecule has 0 fully saturated rings. The molecule has 0 saturated heterocycles. The normalized spacial score (nSPS) is 11.9. The summed E-state index contributed by atoms with van der Waals surface area (Å²) in [6.07, 6.45) is 1.16. The van der Waals surface area contributed by atoms with Gasteiger partial charge in [0.15, 0.2) is 0 Å². The Kier molecular flexibility index (Phi) is 6.38. The lowest BCUT2D eigenvalue weighted by molar-refractivity contribution is 0.548. The highest BCUT2D eigenvalue weighted by Crippen LogP contribution is 2.23. The Hall–Kier alpha value is -1.53. The number of nitriles is 1. The predicted octanol–water partition coefficient (Wildman–Crippen LogP) is 3.15. The first-order valence-electron chi connectivity index (χ1n) is 7.08. The van der Waals surface area contributed by atoms with Crippen molar-refractivity contribution in [2.45, 2.75) is 33.7 Å². The minimum absolute atomic E-state index is 0.642. The molecule has 0 aliphatic rings. The van der Waals surface area contributed by atoms with Crippen LogP contribution in [0, 0.1) is 17.2 Å². The van der Waals surface area contributed by atoms with Crippen molar-refractivity contribution in [3.63, 3.8) is 0 Å². The van der Waals surface area contributed by atoms with Crippen LogP contribution in [0.15, 0.2) is 18.2 Å². The molecule has 1 N–H and O–H groups in total. The van der Waals surface area contributed by atoms with Gasteiger partial charge >= 0.3 is 0 Å². The van der Waals surface area contributed by atoms with Crippen LogP contribution in [-0.4, -0.2) is 20.1 Å². The van der Waals surface area contributed by atoms with E-state index in [2.05, 4.69) is 49.2 Å². The highest BCUT2D eigenvalue weighted by Gasteiger charge is 2.12. The quantitative estimate of drug-likeness (QED) is 0.817. The van der Waals surface area contributed by atoms with E-state index in [0.717, 1.165) is 42.9 Å². The van der Waals surface area contributed by atoms with E-state index < -0.39 is 0 Å². The summed E-state index contributed by atoms with van der Waals surface area (Å²) in [5.74, 6) is 0.642. The number of nitrogens with zero attached hydrogens (tertiary/aromatic N) is 2. The van der Waals surface area contributed by atoms with Gasteiger partial charge in [-0.1, -0.05) is 26.3 Å². The fourth-order valence-corrected chi connectivity index (χ4v) is 2.17. The van der Waals surface area contributed by atoms with Crippen molar-refractivity contribution in [3.8, 4) is 6.07 Å². The van der Waals surface area contributed by atoms with Crippen LogP contribution < -0.4 is 10.2 Å². The van der Waals surface area contributed by atoms with Crippen LogP contribution in [0.5, 0.6) is 0 Å². The van der Waals surface area contributed by atoms with E-state index in [1.165, 1.54) is 0 Å². The summed E-state index contributed by atoms with van der Waals surface area (Å²) in [6.45, 7) is 9.35. The van der Waals surface area contributed by atoms with E-state index in [-0.39, 0.29) is 0 Å². The topological polar surface area (TPSA) is 39.1 Å². The van der Waals surface area contributed by atoms with E-state index in [1.54, 1.807) is 0 Å². The monoisotopic (exact) mass is 259 g/mol. The number of anilines is 1. The molecule has 104 valence electrons. The van der Waals surface area contributed by atoms with Gasteiger partial charge in [0.1, 0.15) is 6.07 Å². The minimum atomic E-state index is 0.642. The molecule has 0 aromatic heterocycles. The molecule has 0 heterocycles. The van der Waals surface area contributed by atoms with Crippen LogP contribution in [0.4, 0.5) is 5.69 Å². The second-order valence-corrected chi connectivity index (χ2v) is 5.05. The Labute approximate surface area is 117 Å². The molecule has 0 spiro atoms. The van der Waals surface area contributed by atoms with Gasteiger partial charge < -0.3 is 10.2 Å². The summed E-state index contributed by atoms with van der Waals surface area (Å²) < 4.78 is 0. The first-order valence-corrected chi connectivity index (χ1v) is 7.08. The first kappa shape index (κ1) is 15.5. The Morgan fingerprint density at radius 1 is 1.37 bits per heavy atom. The van der Waals surface area contributed by atoms with Crippen LogP contribution in [0.3, 0.4) is 0 Å². The van der Waals surface area contributed by atoms with E-state index >= 15 is 0 Å². The zero-order valence-electron chi connectivity index (χ0n) is 12.5. The van der Waals surface area contributed by atoms with Crippen LogP contribution in [0.25, 0.3) is 0 Å². The highest BCUT2D eigenvalue weighted by molar-refractivity contribution is 5.60. The van der Waals surface area contributed by atoms with Crippen LogP contribution in [-0.2, 0) is 6.54 Å². The van der Waals surface area contributed by atoms with Gasteiger partial charge in [0.2, 0.25) is 0 Å². The van der Waals surface area contributed by atoms with E-state index in [9.17, 15) is 5.26 Å². The van der Waals surface area contributed by atoms with Gasteiger partial charge in [-0.3, -0.25) is 0 Å². The molecular formula is C16H25N3. The third-order valence-electron chi connectivity index (χ3n) is 3.51. The molecule has 1 aromatic carbocycles. The Balaban J connectivity index is 3.00. The molecule has 3 heteroatoms. The number of hydrogen-bond acceptors (Lipinski definition) is 3. The molecular weight excluding hydrogens is 234 g/mol. The van der Waals surface area contributed by atoms with Crippen molar-refractivity contribution in [2.24, 2.45) is 5.92 Å². The molecule has 1 unspecified atom stereocenters. The Bertz CT molecular complexity index is 434. The van der Waals surface area contributed by atoms with E-state index in [4.69, 9.17) is 0 Å². The molecule has 19 heavy (non-hydrogen) atoms. The smallest absolute Gasteiger partial charge is 0.101 e. The molecule has 0 aliphatic heterocycles. The fraction of sp³-hybridized carbons (Fsp3) is 0.562. The molecule has 1 rings (SSSR count). The van der Waals surface area contributed by atoms with Gasteiger partial charge in [0.05, 0.1) is 11.3 Å². The minimum Gasteiger partial charge on any atom is -0.370 e. The fourth-order valence-electron chi connectivity index (χ4n) is 2.17. The van der Waals surface area contributed by atoms with Crippen molar-refractivity contribution in [1.82, 2.24) is 5.32 Å². The largest absolute Gasteiger partial charge is 0.370 e. The maximum Gasteiger partial charge on any atom is 0.101 e. The lowest BCUT2D eigenvalue weighted by atomic mass is 10.1. The van der Waals surface area contributed by atoms with Crippen LogP contribution in [0.2, 0.25) is 0 Å². The summed E-state index contributed by atoms with van der Waals surface area (Å²) in [4.78, 5) is 2.30. The summed E-state index contributed by atoms with van der Waals surface area (Å²) in [7, 11) is 1.92. The van der Waals surface area contributed by atoms with Gasteiger partial charge in [-0.25, -0.2) is 0 Å². The summed E-state index contributed by atoms with van der Waals surface area (Å²) >= 11 is 0. The van der Waals surface area contributed by atoms with Crippen molar-refractivity contribution in [3.05, 3.63) is 29.3 Å². The van der Waals surface area contributed by atoms with Gasteiger partial charge in [-0.05, 0) is 37.6 Å². The number of benzene rings is 1. The third-order valence-corrected chi connectivity index (χ3v) is 3.51. The number of hydrogen-bond donors (Lipinski definition) is 1. The van der Waals surface area contributed by atoms with Gasteiger partial charge in [0, 0.05) is 19.6 Å². The van der Waals surface area contributed by atoms with Gasteiger partial charge in [0.25, 0.3) is 0 Å². The van der Waals surface area contributed by atoms with Gasteiger partial charge in [-0.15, -0.1) is 0 Å². The molecule has 0 saturated carbocycles. The maximum atomic E-state index is 9.35. The predicted molar refractivity (Wildman–Crippen MR) is 81.3 cm³/mol. The molecule has 1 aromatic rings. The van der Waals surface area contributed by atoms with Crippen molar-refractivity contribution >= 4 is 5.69 Å². The average molecular weight is 259 g/mol. The van der Waals surface area contributed by atoms with E-state index in [1.807, 2.05) is 13.1 Å². The maximum absolute atomic E-state index is 9.35.